The Bertz CT molecular complexity index is 428. The van der Waals surface area contributed by atoms with E-state index in [9.17, 15) is 9.36 Å². The smallest absolute Gasteiger partial charge is 0.359 e. The van der Waals surface area contributed by atoms with Gasteiger partial charge in [0.25, 0.3) is 0 Å². The number of rotatable bonds is 4. The second kappa shape index (κ2) is 4.67. The molecule has 0 spiro atoms. The van der Waals surface area contributed by atoms with Gasteiger partial charge >= 0.3 is 13.6 Å². The highest BCUT2D eigenvalue weighted by Gasteiger charge is 2.19. The van der Waals surface area contributed by atoms with E-state index in [0.717, 1.165) is 12.4 Å². The Hall–Kier alpha value is -1.34. The summed E-state index contributed by atoms with van der Waals surface area (Å²) in [6, 6.07) is -1.14. The standard InChI is InChI=1S/C7H10N3O5P/c8-5(7(11)12)1-6-9-2-4(3-10-6)16(13,14)15/h2-3,5H,1,8H2,(H,11,12)(H2,13,14,15)/t5-/m0/s1. The first kappa shape index (κ1) is 12.7. The van der Waals surface area contributed by atoms with Crippen molar-refractivity contribution in [2.75, 3.05) is 0 Å². The number of aromatic nitrogens is 2. The van der Waals surface area contributed by atoms with Crippen molar-refractivity contribution in [2.45, 2.75) is 12.5 Å². The normalized spacial score (nSPS) is 13.4. The quantitative estimate of drug-likeness (QED) is 0.457. The molecule has 0 radical (unpaired) electrons. The van der Waals surface area contributed by atoms with Crippen LogP contribution in [0.3, 0.4) is 0 Å². The first-order valence-corrected chi connectivity index (χ1v) is 5.77. The Morgan fingerprint density at radius 3 is 2.31 bits per heavy atom. The van der Waals surface area contributed by atoms with Gasteiger partial charge in [0.05, 0.1) is 0 Å². The summed E-state index contributed by atoms with van der Waals surface area (Å²) >= 11 is 0. The van der Waals surface area contributed by atoms with Gasteiger partial charge in [-0.3, -0.25) is 9.36 Å². The molecule has 0 aliphatic heterocycles. The molecule has 0 fully saturated rings. The number of nitrogens with two attached hydrogens (primary N) is 1. The van der Waals surface area contributed by atoms with Gasteiger partial charge in [0, 0.05) is 18.8 Å². The molecule has 0 aliphatic rings. The van der Waals surface area contributed by atoms with Gasteiger partial charge in [-0.1, -0.05) is 0 Å². The van der Waals surface area contributed by atoms with Crippen molar-refractivity contribution < 1.29 is 24.3 Å². The van der Waals surface area contributed by atoms with E-state index in [0.29, 0.717) is 0 Å². The van der Waals surface area contributed by atoms with Crippen molar-refractivity contribution in [1.29, 1.82) is 0 Å². The topological polar surface area (TPSA) is 147 Å². The molecule has 88 valence electrons. The maximum atomic E-state index is 10.8. The number of hydrogen-bond acceptors (Lipinski definition) is 5. The van der Waals surface area contributed by atoms with Crippen molar-refractivity contribution in [1.82, 2.24) is 9.97 Å². The molecule has 0 bridgehead atoms. The van der Waals surface area contributed by atoms with Gasteiger partial charge in [0.2, 0.25) is 0 Å². The van der Waals surface area contributed by atoms with Crippen LogP contribution in [0.1, 0.15) is 5.82 Å². The lowest BCUT2D eigenvalue weighted by atomic mass is 10.2. The van der Waals surface area contributed by atoms with E-state index < -0.39 is 19.6 Å². The lowest BCUT2D eigenvalue weighted by molar-refractivity contribution is -0.138. The molecule has 0 saturated heterocycles. The summed E-state index contributed by atoms with van der Waals surface area (Å²) in [4.78, 5) is 35.2. The van der Waals surface area contributed by atoms with Crippen molar-refractivity contribution in [3.8, 4) is 0 Å². The molecular weight excluding hydrogens is 237 g/mol. The Morgan fingerprint density at radius 1 is 1.44 bits per heavy atom. The van der Waals surface area contributed by atoms with E-state index in [1.165, 1.54) is 0 Å². The fourth-order valence-electron chi connectivity index (χ4n) is 0.888. The highest BCUT2D eigenvalue weighted by Crippen LogP contribution is 2.31. The zero-order chi connectivity index (χ0) is 12.3. The van der Waals surface area contributed by atoms with E-state index in [-0.39, 0.29) is 17.5 Å². The molecular formula is C7H10N3O5P. The van der Waals surface area contributed by atoms with Crippen LogP contribution in [0.2, 0.25) is 0 Å². The molecule has 9 heteroatoms. The minimum Gasteiger partial charge on any atom is -0.480 e. The summed E-state index contributed by atoms with van der Waals surface area (Å²) in [5.41, 5.74) is 5.24. The molecule has 0 aliphatic carbocycles. The summed E-state index contributed by atoms with van der Waals surface area (Å²) in [5.74, 6) is -1.07. The second-order valence-corrected chi connectivity index (χ2v) is 4.65. The van der Waals surface area contributed by atoms with Gasteiger partial charge in [-0.2, -0.15) is 0 Å². The van der Waals surface area contributed by atoms with Crippen LogP contribution in [0.4, 0.5) is 0 Å². The van der Waals surface area contributed by atoms with Crippen LogP contribution in [0.25, 0.3) is 0 Å². The molecule has 16 heavy (non-hydrogen) atoms. The minimum atomic E-state index is -4.36. The Kier molecular flexibility index (Phi) is 3.71. The van der Waals surface area contributed by atoms with Crippen LogP contribution in [-0.2, 0) is 15.8 Å². The molecule has 0 amide bonds. The third-order valence-corrected chi connectivity index (χ3v) is 2.65. The number of carbonyl (C=O) groups is 1. The third kappa shape index (κ3) is 3.35. The summed E-state index contributed by atoms with van der Waals surface area (Å²) in [6.45, 7) is 0. The summed E-state index contributed by atoms with van der Waals surface area (Å²) in [7, 11) is -4.36. The van der Waals surface area contributed by atoms with Gasteiger partial charge in [0.1, 0.15) is 17.2 Å². The first-order valence-electron chi connectivity index (χ1n) is 4.16. The summed E-state index contributed by atoms with van der Waals surface area (Å²) in [5, 5.41) is 8.20. The molecule has 1 aromatic heterocycles. The highest BCUT2D eigenvalue weighted by molar-refractivity contribution is 7.60. The van der Waals surface area contributed by atoms with Crippen molar-refractivity contribution in [3.05, 3.63) is 18.2 Å². The molecule has 1 heterocycles. The van der Waals surface area contributed by atoms with Gasteiger partial charge < -0.3 is 20.6 Å². The van der Waals surface area contributed by atoms with Crippen LogP contribution < -0.4 is 11.0 Å². The highest BCUT2D eigenvalue weighted by atomic mass is 31.2. The summed E-state index contributed by atoms with van der Waals surface area (Å²) in [6.07, 6.45) is 1.81. The largest absolute Gasteiger partial charge is 0.480 e. The van der Waals surface area contributed by atoms with Crippen LogP contribution in [-0.4, -0.2) is 36.9 Å². The predicted octanol–water partition coefficient (Wildman–Crippen LogP) is -1.77. The second-order valence-electron chi connectivity index (χ2n) is 3.05. The number of carboxylic acid groups (broad SMARTS) is 1. The predicted molar refractivity (Wildman–Crippen MR) is 53.0 cm³/mol. The molecule has 1 atom stereocenters. The van der Waals surface area contributed by atoms with Gasteiger partial charge in [-0.05, 0) is 0 Å². The van der Waals surface area contributed by atoms with E-state index >= 15 is 0 Å². The molecule has 0 saturated carbocycles. The fourth-order valence-corrected chi connectivity index (χ4v) is 1.30. The van der Waals surface area contributed by atoms with Crippen LogP contribution in [0, 0.1) is 0 Å². The van der Waals surface area contributed by atoms with E-state index in [1.54, 1.807) is 0 Å². The number of carboxylic acids is 1. The molecule has 0 aromatic carbocycles. The Labute approximate surface area is 90.3 Å². The zero-order valence-corrected chi connectivity index (χ0v) is 8.91. The van der Waals surface area contributed by atoms with Gasteiger partial charge in [-0.15, -0.1) is 0 Å². The minimum absolute atomic E-state index is 0.100. The van der Waals surface area contributed by atoms with Gasteiger partial charge in [0.15, 0.2) is 0 Å². The number of hydrogen-bond donors (Lipinski definition) is 4. The molecule has 8 nitrogen and oxygen atoms in total. The van der Waals surface area contributed by atoms with Crippen molar-refractivity contribution in [3.63, 3.8) is 0 Å². The van der Waals surface area contributed by atoms with Crippen LogP contribution >= 0.6 is 7.60 Å². The van der Waals surface area contributed by atoms with E-state index in [2.05, 4.69) is 9.97 Å². The lowest BCUT2D eigenvalue weighted by Crippen LogP contribution is -2.33. The third-order valence-electron chi connectivity index (χ3n) is 1.75. The zero-order valence-electron chi connectivity index (χ0n) is 8.02. The Morgan fingerprint density at radius 2 is 1.94 bits per heavy atom. The molecule has 0 unspecified atom stereocenters. The monoisotopic (exact) mass is 247 g/mol. The average molecular weight is 247 g/mol. The number of aliphatic carboxylic acids is 1. The van der Waals surface area contributed by atoms with Crippen LogP contribution in [0.15, 0.2) is 12.4 Å². The maximum Gasteiger partial charge on any atom is 0.359 e. The summed E-state index contributed by atoms with van der Waals surface area (Å²) < 4.78 is 10.8. The van der Waals surface area contributed by atoms with Crippen molar-refractivity contribution in [2.24, 2.45) is 5.73 Å². The van der Waals surface area contributed by atoms with Crippen LogP contribution in [0.5, 0.6) is 0 Å². The Balaban J connectivity index is 2.80. The maximum absolute atomic E-state index is 10.8. The molecule has 1 rings (SSSR count). The van der Waals surface area contributed by atoms with E-state index in [4.69, 9.17) is 20.6 Å². The van der Waals surface area contributed by atoms with Gasteiger partial charge in [-0.25, -0.2) is 9.97 Å². The first-order chi connectivity index (χ1) is 7.30. The fraction of sp³-hybridized carbons (Fsp3) is 0.286. The molecule has 5 N–H and O–H groups in total. The number of nitrogens with zero attached hydrogens (tertiary/aromatic N) is 2. The lowest BCUT2D eigenvalue weighted by Gasteiger charge is -2.06. The molecule has 1 aromatic rings. The average Bonchev–Trinajstić information content (AvgIpc) is 2.17. The SMILES string of the molecule is N[C@@H](Cc1ncc(P(=O)(O)O)cn1)C(=O)O. The van der Waals surface area contributed by atoms with Crippen molar-refractivity contribution >= 4 is 18.9 Å². The van der Waals surface area contributed by atoms with E-state index in [1.807, 2.05) is 0 Å².